The van der Waals surface area contributed by atoms with Gasteiger partial charge < -0.3 is 19.2 Å². The number of rotatable bonds is 9. The lowest BCUT2D eigenvalue weighted by Gasteiger charge is -2.22. The number of hydrogen-bond acceptors (Lipinski definition) is 10. The smallest absolute Gasteiger partial charge is 0.307 e. The van der Waals surface area contributed by atoms with Crippen molar-refractivity contribution >= 4 is 21.7 Å². The Hall–Kier alpha value is -3.81. The summed E-state index contributed by atoms with van der Waals surface area (Å²) in [5.41, 5.74) is 2.84. The van der Waals surface area contributed by atoms with Gasteiger partial charge in [0.1, 0.15) is 24.3 Å². The predicted molar refractivity (Wildman–Crippen MR) is 128 cm³/mol. The molecule has 0 aliphatic carbocycles. The van der Waals surface area contributed by atoms with Crippen LogP contribution in [0.5, 0.6) is 5.75 Å². The first-order chi connectivity index (χ1) is 17.9. The second kappa shape index (κ2) is 12.0. The number of amides is 2. The van der Waals surface area contributed by atoms with Gasteiger partial charge in [-0.3, -0.25) is 19.8 Å². The molecule has 0 spiro atoms. The number of nitrogens with one attached hydrogen (secondary N) is 2. The third-order valence-electron chi connectivity index (χ3n) is 5.90. The van der Waals surface area contributed by atoms with Gasteiger partial charge in [0.25, 0.3) is 5.89 Å². The Labute approximate surface area is 212 Å². The van der Waals surface area contributed by atoms with Gasteiger partial charge in [0, 0.05) is 31.2 Å². The minimum absolute atomic E-state index is 0.0321. The average molecular weight is 531 g/mol. The summed E-state index contributed by atoms with van der Waals surface area (Å²) in [7, 11) is -3.88. The van der Waals surface area contributed by atoms with Crippen LogP contribution in [0.1, 0.15) is 23.5 Å². The molecule has 1 aromatic carbocycles. The number of benzene rings is 1. The van der Waals surface area contributed by atoms with E-state index in [1.54, 1.807) is 30.0 Å². The van der Waals surface area contributed by atoms with Crippen molar-refractivity contribution in [3.8, 4) is 17.0 Å². The van der Waals surface area contributed by atoms with Crippen LogP contribution in [0.2, 0.25) is 0 Å². The molecular weight excluding hydrogens is 504 g/mol. The van der Waals surface area contributed by atoms with E-state index in [2.05, 4.69) is 15.3 Å². The molecule has 1 aliphatic rings. The first-order valence-corrected chi connectivity index (χ1v) is 13.1. The molecule has 1 aliphatic heterocycles. The zero-order valence-electron chi connectivity index (χ0n) is 19.7. The Morgan fingerprint density at radius 2 is 1.81 bits per heavy atom. The monoisotopic (exact) mass is 530 g/mol. The highest BCUT2D eigenvalue weighted by Crippen LogP contribution is 2.29. The maximum Gasteiger partial charge on any atom is 0.307 e. The van der Waals surface area contributed by atoms with E-state index in [-0.39, 0.29) is 50.0 Å². The van der Waals surface area contributed by atoms with E-state index in [1.807, 2.05) is 0 Å². The van der Waals surface area contributed by atoms with Crippen LogP contribution in [0, 0.1) is 5.92 Å². The Balaban J connectivity index is 1.30. The highest BCUT2D eigenvalue weighted by Gasteiger charge is 2.39. The molecular formula is C24H26N4O8S. The van der Waals surface area contributed by atoms with Crippen LogP contribution < -0.4 is 15.5 Å². The first-order valence-electron chi connectivity index (χ1n) is 11.5. The number of aromatic nitrogens is 2. The third kappa shape index (κ3) is 6.31. The maximum atomic E-state index is 13.2. The summed E-state index contributed by atoms with van der Waals surface area (Å²) in [6, 6.07) is 9.29. The van der Waals surface area contributed by atoms with Crippen molar-refractivity contribution in [3.63, 3.8) is 0 Å². The lowest BCUT2D eigenvalue weighted by molar-refractivity contribution is -0.133. The fourth-order valence-corrected chi connectivity index (χ4v) is 5.96. The SMILES string of the molecule is O=C(NCCOc1ccc(S(=O)(=O)C2CCOCCC2C(=O)NO)cc1)c1nc(-c2ccncc2)co1. The quantitative estimate of drug-likeness (QED) is 0.210. The number of ether oxygens (including phenoxy) is 2. The minimum Gasteiger partial charge on any atom is -0.492 e. The fourth-order valence-electron chi connectivity index (χ4n) is 4.00. The van der Waals surface area contributed by atoms with Gasteiger partial charge in [-0.15, -0.1) is 0 Å². The molecule has 0 bridgehead atoms. The van der Waals surface area contributed by atoms with Gasteiger partial charge in [-0.25, -0.2) is 18.9 Å². The second-order valence-electron chi connectivity index (χ2n) is 8.21. The lowest BCUT2D eigenvalue weighted by atomic mass is 9.99. The van der Waals surface area contributed by atoms with Crippen LogP contribution in [0.25, 0.3) is 11.3 Å². The minimum atomic E-state index is -3.88. The molecule has 1 fully saturated rings. The van der Waals surface area contributed by atoms with Gasteiger partial charge in [-0.1, -0.05) is 0 Å². The van der Waals surface area contributed by atoms with Crippen LogP contribution >= 0.6 is 0 Å². The summed E-state index contributed by atoms with van der Waals surface area (Å²) in [5.74, 6) is -1.86. The summed E-state index contributed by atoms with van der Waals surface area (Å²) < 4.78 is 42.6. The number of carbonyl (C=O) groups excluding carboxylic acids is 2. The van der Waals surface area contributed by atoms with Gasteiger partial charge in [-0.05, 0) is 49.2 Å². The molecule has 0 radical (unpaired) electrons. The fraction of sp³-hybridized carbons (Fsp3) is 0.333. The Kier molecular flexibility index (Phi) is 8.48. The van der Waals surface area contributed by atoms with Gasteiger partial charge in [0.2, 0.25) is 5.91 Å². The van der Waals surface area contributed by atoms with E-state index in [0.29, 0.717) is 11.4 Å². The van der Waals surface area contributed by atoms with Crippen molar-refractivity contribution < 1.29 is 37.1 Å². The van der Waals surface area contributed by atoms with Crippen LogP contribution in [0.4, 0.5) is 0 Å². The van der Waals surface area contributed by atoms with Crippen molar-refractivity contribution in [1.82, 2.24) is 20.8 Å². The van der Waals surface area contributed by atoms with Gasteiger partial charge in [0.05, 0.1) is 22.6 Å². The van der Waals surface area contributed by atoms with E-state index >= 15 is 0 Å². The molecule has 2 amide bonds. The average Bonchev–Trinajstić information content (AvgIpc) is 3.29. The number of carbonyl (C=O) groups is 2. The third-order valence-corrected chi connectivity index (χ3v) is 8.19. The molecule has 3 heterocycles. The number of pyridine rings is 1. The van der Waals surface area contributed by atoms with E-state index in [4.69, 9.17) is 19.1 Å². The van der Waals surface area contributed by atoms with Crippen molar-refractivity contribution in [2.75, 3.05) is 26.4 Å². The molecule has 4 rings (SSSR count). The molecule has 13 heteroatoms. The van der Waals surface area contributed by atoms with Crippen LogP contribution in [-0.4, -0.2) is 67.0 Å². The summed E-state index contributed by atoms with van der Waals surface area (Å²) in [6.45, 7) is 0.709. The van der Waals surface area contributed by atoms with Crippen molar-refractivity contribution in [2.24, 2.45) is 5.92 Å². The highest BCUT2D eigenvalue weighted by atomic mass is 32.2. The highest BCUT2D eigenvalue weighted by molar-refractivity contribution is 7.92. The molecule has 2 atom stereocenters. The molecule has 2 aromatic heterocycles. The Morgan fingerprint density at radius 3 is 2.54 bits per heavy atom. The largest absolute Gasteiger partial charge is 0.492 e. The standard InChI is InChI=1S/C24H26N4O8S/c29-22(28-31)19-7-12-34-13-8-21(19)37(32,33)18-3-1-17(2-4-18)35-14-11-26-23(30)24-27-20(15-36-24)16-5-9-25-10-6-16/h1-6,9-10,15,19,21,31H,7-8,11-14H2,(H,26,30)(H,28,29). The topological polar surface area (TPSA) is 170 Å². The summed E-state index contributed by atoms with van der Waals surface area (Å²) in [4.78, 5) is 32.5. The zero-order chi connectivity index (χ0) is 26.3. The van der Waals surface area contributed by atoms with Crippen molar-refractivity contribution in [2.45, 2.75) is 23.0 Å². The first kappa shape index (κ1) is 26.3. The van der Waals surface area contributed by atoms with Crippen LogP contribution in [0.15, 0.2) is 64.4 Å². The van der Waals surface area contributed by atoms with Crippen LogP contribution in [0.3, 0.4) is 0 Å². The van der Waals surface area contributed by atoms with E-state index < -0.39 is 32.8 Å². The lowest BCUT2D eigenvalue weighted by Crippen LogP contribution is -2.40. The van der Waals surface area contributed by atoms with Crippen molar-refractivity contribution in [3.05, 3.63) is 60.9 Å². The second-order valence-corrected chi connectivity index (χ2v) is 10.4. The van der Waals surface area contributed by atoms with E-state index in [9.17, 15) is 18.0 Å². The normalized spacial score (nSPS) is 18.0. The predicted octanol–water partition coefficient (Wildman–Crippen LogP) is 1.62. The molecule has 3 N–H and O–H groups in total. The maximum absolute atomic E-state index is 13.2. The molecule has 12 nitrogen and oxygen atoms in total. The van der Waals surface area contributed by atoms with Crippen LogP contribution in [-0.2, 0) is 19.4 Å². The summed E-state index contributed by atoms with van der Waals surface area (Å²) >= 11 is 0. The number of oxazole rings is 1. The van der Waals surface area contributed by atoms with Gasteiger partial charge in [-0.2, -0.15) is 0 Å². The number of hydroxylamine groups is 1. The summed E-state index contributed by atoms with van der Waals surface area (Å²) in [5, 5.41) is 10.6. The molecule has 37 heavy (non-hydrogen) atoms. The molecule has 0 saturated carbocycles. The molecule has 1 saturated heterocycles. The number of nitrogens with zero attached hydrogens (tertiary/aromatic N) is 2. The van der Waals surface area contributed by atoms with Gasteiger partial charge in [0.15, 0.2) is 9.84 Å². The van der Waals surface area contributed by atoms with E-state index in [1.165, 1.54) is 30.5 Å². The molecule has 196 valence electrons. The number of sulfone groups is 1. The van der Waals surface area contributed by atoms with E-state index in [0.717, 1.165) is 5.56 Å². The zero-order valence-corrected chi connectivity index (χ0v) is 20.5. The molecule has 3 aromatic rings. The number of hydrogen-bond donors (Lipinski definition) is 3. The Bertz CT molecular complexity index is 1310. The van der Waals surface area contributed by atoms with Gasteiger partial charge >= 0.3 is 5.91 Å². The van der Waals surface area contributed by atoms with Crippen molar-refractivity contribution in [1.29, 1.82) is 0 Å². The Morgan fingerprint density at radius 1 is 1.08 bits per heavy atom. The summed E-state index contributed by atoms with van der Waals surface area (Å²) in [6.07, 6.45) is 4.93. The molecule has 2 unspecified atom stereocenters.